The summed E-state index contributed by atoms with van der Waals surface area (Å²) in [4.78, 5) is 38.2. The van der Waals surface area contributed by atoms with Gasteiger partial charge in [0, 0.05) is 25.0 Å². The molecule has 0 unspecified atom stereocenters. The van der Waals surface area contributed by atoms with E-state index in [0.717, 1.165) is 31.7 Å². The fourth-order valence-corrected chi connectivity index (χ4v) is 4.83. The van der Waals surface area contributed by atoms with Crippen LogP contribution in [0.1, 0.15) is 49.4 Å². The van der Waals surface area contributed by atoms with E-state index in [1.54, 1.807) is 24.3 Å². The molecule has 1 aromatic carbocycles. The average Bonchev–Trinajstić information content (AvgIpc) is 2.85. The molecule has 10 nitrogen and oxygen atoms in total. The lowest BCUT2D eigenvalue weighted by atomic mass is 9.83. The predicted octanol–water partition coefficient (Wildman–Crippen LogP) is 2.02. The van der Waals surface area contributed by atoms with E-state index in [-0.39, 0.29) is 23.2 Å². The van der Waals surface area contributed by atoms with Crippen molar-refractivity contribution in [2.45, 2.75) is 44.6 Å². The zero-order valence-electron chi connectivity index (χ0n) is 19.6. The first kappa shape index (κ1) is 23.7. The monoisotopic (exact) mass is 467 g/mol. The summed E-state index contributed by atoms with van der Waals surface area (Å²) in [6, 6.07) is 7.09. The van der Waals surface area contributed by atoms with Crippen molar-refractivity contribution in [3.05, 3.63) is 36.0 Å². The largest absolute Gasteiger partial charge is 0.494 e. The Bertz CT molecular complexity index is 1010. The molecule has 2 amide bonds. The van der Waals surface area contributed by atoms with Crippen molar-refractivity contribution in [3.63, 3.8) is 0 Å². The van der Waals surface area contributed by atoms with Gasteiger partial charge in [-0.05, 0) is 70.0 Å². The van der Waals surface area contributed by atoms with Crippen molar-refractivity contribution in [2.24, 2.45) is 5.73 Å². The minimum Gasteiger partial charge on any atom is -0.494 e. The molecule has 4 rings (SSSR count). The number of anilines is 3. The third-order valence-corrected chi connectivity index (χ3v) is 6.77. The summed E-state index contributed by atoms with van der Waals surface area (Å²) in [5.41, 5.74) is 12.2. The molecule has 0 spiro atoms. The highest BCUT2D eigenvalue weighted by molar-refractivity contribution is 6.07. The van der Waals surface area contributed by atoms with E-state index in [0.29, 0.717) is 44.2 Å². The van der Waals surface area contributed by atoms with E-state index < -0.39 is 5.54 Å². The number of rotatable bonds is 7. The first-order valence-corrected chi connectivity index (χ1v) is 11.9. The molecular formula is C24H33N7O3. The van der Waals surface area contributed by atoms with E-state index >= 15 is 0 Å². The lowest BCUT2D eigenvalue weighted by molar-refractivity contribution is -0.132. The van der Waals surface area contributed by atoms with Crippen LogP contribution in [0.3, 0.4) is 0 Å². The summed E-state index contributed by atoms with van der Waals surface area (Å²) >= 11 is 0. The summed E-state index contributed by atoms with van der Waals surface area (Å²) in [7, 11) is 0. The predicted molar refractivity (Wildman–Crippen MR) is 131 cm³/mol. The second kappa shape index (κ2) is 10.3. The fraction of sp³-hybridized carbons (Fsp3) is 0.500. The Hall–Kier alpha value is -3.40. The van der Waals surface area contributed by atoms with Crippen LogP contribution in [0.2, 0.25) is 0 Å². The SMILES string of the molecule is CCOc1ccc(NC(=O)c2cnc(N3CCC(C(N)=O)(N4CCCCC4)CC3)nc2N)cc1. The lowest BCUT2D eigenvalue weighted by Gasteiger charge is -2.48. The van der Waals surface area contributed by atoms with E-state index in [2.05, 4.69) is 20.2 Å². The fourth-order valence-electron chi connectivity index (χ4n) is 4.83. The number of nitrogens with one attached hydrogen (secondary N) is 1. The summed E-state index contributed by atoms with van der Waals surface area (Å²) in [6.07, 6.45) is 6.07. The molecule has 0 aliphatic carbocycles. The Morgan fingerprint density at radius 3 is 2.35 bits per heavy atom. The van der Waals surface area contributed by atoms with Crippen molar-refractivity contribution in [2.75, 3.05) is 48.7 Å². The molecule has 2 saturated heterocycles. The molecule has 34 heavy (non-hydrogen) atoms. The molecule has 5 N–H and O–H groups in total. The molecule has 0 saturated carbocycles. The van der Waals surface area contributed by atoms with Crippen LogP contribution < -0.4 is 26.4 Å². The van der Waals surface area contributed by atoms with Gasteiger partial charge in [0.15, 0.2) is 0 Å². The second-order valence-electron chi connectivity index (χ2n) is 8.81. The molecule has 0 bridgehead atoms. The number of benzene rings is 1. The Morgan fingerprint density at radius 1 is 1.09 bits per heavy atom. The number of primary amides is 1. The van der Waals surface area contributed by atoms with Crippen molar-refractivity contribution < 1.29 is 14.3 Å². The van der Waals surface area contributed by atoms with Crippen molar-refractivity contribution in [1.29, 1.82) is 0 Å². The normalized spacial score (nSPS) is 18.3. The highest BCUT2D eigenvalue weighted by Crippen LogP contribution is 2.33. The Morgan fingerprint density at radius 2 is 1.76 bits per heavy atom. The van der Waals surface area contributed by atoms with E-state index in [4.69, 9.17) is 16.2 Å². The topological polar surface area (TPSA) is 140 Å². The maximum atomic E-state index is 12.7. The molecule has 182 valence electrons. The highest BCUT2D eigenvalue weighted by Gasteiger charge is 2.45. The van der Waals surface area contributed by atoms with Crippen LogP contribution in [0.25, 0.3) is 0 Å². The van der Waals surface area contributed by atoms with Gasteiger partial charge in [-0.2, -0.15) is 4.98 Å². The van der Waals surface area contributed by atoms with Crippen LogP contribution in [-0.2, 0) is 4.79 Å². The number of nitrogen functional groups attached to an aromatic ring is 1. The number of piperidine rings is 2. The smallest absolute Gasteiger partial charge is 0.260 e. The molecule has 2 aliphatic heterocycles. The van der Waals surface area contributed by atoms with Crippen molar-refractivity contribution >= 4 is 29.3 Å². The van der Waals surface area contributed by atoms with Gasteiger partial charge in [0.25, 0.3) is 5.91 Å². The summed E-state index contributed by atoms with van der Waals surface area (Å²) in [5.74, 6) is 0.651. The van der Waals surface area contributed by atoms with Crippen LogP contribution in [0, 0.1) is 0 Å². The minimum atomic E-state index is -0.611. The minimum absolute atomic E-state index is 0.108. The number of amides is 2. The molecular weight excluding hydrogens is 434 g/mol. The van der Waals surface area contributed by atoms with Crippen LogP contribution >= 0.6 is 0 Å². The number of hydrogen-bond donors (Lipinski definition) is 3. The second-order valence-corrected chi connectivity index (χ2v) is 8.81. The number of ether oxygens (including phenoxy) is 1. The van der Waals surface area contributed by atoms with Gasteiger partial charge in [0.2, 0.25) is 11.9 Å². The Balaban J connectivity index is 1.41. The molecule has 2 fully saturated rings. The molecule has 3 heterocycles. The first-order valence-electron chi connectivity index (χ1n) is 11.9. The van der Waals surface area contributed by atoms with Gasteiger partial charge in [-0.25, -0.2) is 4.98 Å². The summed E-state index contributed by atoms with van der Waals surface area (Å²) in [6.45, 7) is 5.49. The van der Waals surface area contributed by atoms with Crippen molar-refractivity contribution in [3.8, 4) is 5.75 Å². The van der Waals surface area contributed by atoms with Gasteiger partial charge in [-0.15, -0.1) is 0 Å². The number of aromatic nitrogens is 2. The zero-order valence-corrected chi connectivity index (χ0v) is 19.6. The van der Waals surface area contributed by atoms with Crippen LogP contribution in [-0.4, -0.2) is 65.0 Å². The van der Waals surface area contributed by atoms with Crippen LogP contribution in [0.4, 0.5) is 17.5 Å². The number of hydrogen-bond acceptors (Lipinski definition) is 8. The Kier molecular flexibility index (Phi) is 7.16. The molecule has 1 aromatic heterocycles. The summed E-state index contributed by atoms with van der Waals surface area (Å²) < 4.78 is 5.42. The quantitative estimate of drug-likeness (QED) is 0.562. The highest BCUT2D eigenvalue weighted by atomic mass is 16.5. The molecule has 2 aliphatic rings. The van der Waals surface area contributed by atoms with Gasteiger partial charge >= 0.3 is 0 Å². The van der Waals surface area contributed by atoms with E-state index in [9.17, 15) is 9.59 Å². The zero-order chi connectivity index (χ0) is 24.1. The lowest BCUT2D eigenvalue weighted by Crippen LogP contribution is -2.63. The summed E-state index contributed by atoms with van der Waals surface area (Å²) in [5, 5.41) is 2.80. The molecule has 10 heteroatoms. The van der Waals surface area contributed by atoms with E-state index in [1.807, 2.05) is 11.8 Å². The third-order valence-electron chi connectivity index (χ3n) is 6.77. The van der Waals surface area contributed by atoms with Crippen LogP contribution in [0.15, 0.2) is 30.5 Å². The van der Waals surface area contributed by atoms with E-state index in [1.165, 1.54) is 12.6 Å². The van der Waals surface area contributed by atoms with Gasteiger partial charge < -0.3 is 26.4 Å². The van der Waals surface area contributed by atoms with Gasteiger partial charge in [0.05, 0.1) is 6.61 Å². The van der Waals surface area contributed by atoms with Gasteiger partial charge in [0.1, 0.15) is 22.7 Å². The maximum Gasteiger partial charge on any atom is 0.260 e. The number of likely N-dealkylation sites (tertiary alicyclic amines) is 1. The number of carbonyl (C=O) groups excluding carboxylic acids is 2. The standard InChI is InChI=1S/C24H33N7O3/c1-2-34-18-8-6-17(7-9-18)28-21(32)19-16-27-23(29-20(19)25)30-14-10-24(11-15-30,22(26)33)31-12-4-3-5-13-31/h6-9,16H,2-5,10-15H2,1H3,(H2,26,33)(H,28,32)(H2,25,27,29). The number of nitrogens with two attached hydrogens (primary N) is 2. The molecule has 0 atom stereocenters. The Labute approximate surface area is 199 Å². The van der Waals surface area contributed by atoms with Crippen LogP contribution in [0.5, 0.6) is 5.75 Å². The number of nitrogens with zero attached hydrogens (tertiary/aromatic N) is 4. The van der Waals surface area contributed by atoms with Crippen molar-refractivity contribution in [1.82, 2.24) is 14.9 Å². The van der Waals surface area contributed by atoms with Gasteiger partial charge in [-0.3, -0.25) is 14.5 Å². The first-order chi connectivity index (χ1) is 16.4. The maximum absolute atomic E-state index is 12.7. The van der Waals surface area contributed by atoms with Gasteiger partial charge in [-0.1, -0.05) is 6.42 Å². The third kappa shape index (κ3) is 4.91. The average molecular weight is 468 g/mol. The number of carbonyl (C=O) groups is 2. The molecule has 2 aromatic rings. The molecule has 0 radical (unpaired) electrons.